The molecular weight excluding hydrogens is 352 g/mol. The van der Waals surface area contributed by atoms with Gasteiger partial charge in [-0.05, 0) is 54.7 Å². The Kier molecular flexibility index (Phi) is 5.33. The number of aryl methyl sites for hydroxylation is 1. The first kappa shape index (κ1) is 18.5. The van der Waals surface area contributed by atoms with Crippen molar-refractivity contribution in [1.29, 1.82) is 0 Å². The van der Waals surface area contributed by atoms with Gasteiger partial charge in [-0.2, -0.15) is 0 Å². The quantitative estimate of drug-likeness (QED) is 0.825. The summed E-state index contributed by atoms with van der Waals surface area (Å²) in [6.45, 7) is 2.34. The number of nitrogens with zero attached hydrogens (tertiary/aromatic N) is 2. The zero-order valence-corrected chi connectivity index (χ0v) is 16.3. The number of amides is 2. The molecule has 2 amide bonds. The zero-order valence-electron chi connectivity index (χ0n) is 16.3. The molecule has 2 aromatic rings. The van der Waals surface area contributed by atoms with Crippen LogP contribution in [0.3, 0.4) is 0 Å². The summed E-state index contributed by atoms with van der Waals surface area (Å²) < 4.78 is 5.15. The number of carbonyl (C=O) groups is 2. The van der Waals surface area contributed by atoms with Crippen LogP contribution >= 0.6 is 0 Å². The first-order valence-electron chi connectivity index (χ1n) is 9.97. The molecule has 2 aliphatic rings. The molecule has 1 aliphatic heterocycles. The van der Waals surface area contributed by atoms with Gasteiger partial charge in [0.2, 0.25) is 5.91 Å². The van der Waals surface area contributed by atoms with E-state index in [0.29, 0.717) is 31.7 Å². The number of rotatable bonds is 3. The standard InChI is InChI=1S/C23H26N2O3/c1-28-19-11-9-18(10-12-19)22(26)24-13-15-25(16-14-24)23(27)21-8-4-6-17-5-2-3-7-20(17)21/h2-3,5,7,9-12,21H,4,6,8,13-16H2,1H3. The van der Waals surface area contributed by atoms with E-state index in [2.05, 4.69) is 18.2 Å². The van der Waals surface area contributed by atoms with Crippen molar-refractivity contribution in [2.24, 2.45) is 0 Å². The number of benzene rings is 2. The summed E-state index contributed by atoms with van der Waals surface area (Å²) in [5.74, 6) is 0.926. The van der Waals surface area contributed by atoms with Crippen LogP contribution in [0.25, 0.3) is 0 Å². The van der Waals surface area contributed by atoms with Crippen molar-refractivity contribution in [2.45, 2.75) is 25.2 Å². The molecule has 0 aromatic heterocycles. The van der Waals surface area contributed by atoms with Gasteiger partial charge in [-0.3, -0.25) is 9.59 Å². The lowest BCUT2D eigenvalue weighted by molar-refractivity contribution is -0.134. The van der Waals surface area contributed by atoms with Crippen molar-refractivity contribution in [3.05, 3.63) is 65.2 Å². The maximum atomic E-state index is 13.1. The highest BCUT2D eigenvalue weighted by atomic mass is 16.5. The Labute approximate surface area is 165 Å². The smallest absolute Gasteiger partial charge is 0.253 e. The molecule has 1 fully saturated rings. The molecular formula is C23H26N2O3. The van der Waals surface area contributed by atoms with Crippen LogP contribution in [0.15, 0.2) is 48.5 Å². The second-order valence-electron chi connectivity index (χ2n) is 7.49. The lowest BCUT2D eigenvalue weighted by atomic mass is 9.82. The average molecular weight is 378 g/mol. The molecule has 2 aromatic carbocycles. The fourth-order valence-electron chi connectivity index (χ4n) is 4.28. The lowest BCUT2D eigenvalue weighted by Gasteiger charge is -2.37. The Morgan fingerprint density at radius 2 is 1.61 bits per heavy atom. The number of hydrogen-bond acceptors (Lipinski definition) is 3. The molecule has 1 unspecified atom stereocenters. The molecule has 1 saturated heterocycles. The minimum Gasteiger partial charge on any atom is -0.497 e. The van der Waals surface area contributed by atoms with Crippen LogP contribution < -0.4 is 4.74 Å². The van der Waals surface area contributed by atoms with E-state index in [4.69, 9.17) is 4.74 Å². The van der Waals surface area contributed by atoms with Gasteiger partial charge in [0.1, 0.15) is 5.75 Å². The molecule has 1 aliphatic carbocycles. The molecule has 1 heterocycles. The third-order valence-electron chi connectivity index (χ3n) is 5.88. The molecule has 28 heavy (non-hydrogen) atoms. The summed E-state index contributed by atoms with van der Waals surface area (Å²) in [5, 5.41) is 0. The highest BCUT2D eigenvalue weighted by Crippen LogP contribution is 2.33. The van der Waals surface area contributed by atoms with Gasteiger partial charge in [0.05, 0.1) is 13.0 Å². The topological polar surface area (TPSA) is 49.9 Å². The van der Waals surface area contributed by atoms with Crippen molar-refractivity contribution in [2.75, 3.05) is 33.3 Å². The second-order valence-corrected chi connectivity index (χ2v) is 7.49. The third kappa shape index (κ3) is 3.61. The second kappa shape index (κ2) is 8.05. The minimum absolute atomic E-state index is 0.0118. The Balaban J connectivity index is 1.39. The SMILES string of the molecule is COc1ccc(C(=O)N2CCN(C(=O)C3CCCc4ccccc43)CC2)cc1. The van der Waals surface area contributed by atoms with Crippen molar-refractivity contribution < 1.29 is 14.3 Å². The van der Waals surface area contributed by atoms with Crippen LogP contribution in [-0.4, -0.2) is 54.9 Å². The number of hydrogen-bond donors (Lipinski definition) is 0. The monoisotopic (exact) mass is 378 g/mol. The van der Waals surface area contributed by atoms with Crippen LogP contribution in [0, 0.1) is 0 Å². The molecule has 0 N–H and O–H groups in total. The number of methoxy groups -OCH3 is 1. The predicted molar refractivity (Wildman–Crippen MR) is 108 cm³/mol. The number of fused-ring (bicyclic) bond motifs is 1. The Hall–Kier alpha value is -2.82. The van der Waals surface area contributed by atoms with Gasteiger partial charge in [0.15, 0.2) is 0 Å². The van der Waals surface area contributed by atoms with Gasteiger partial charge in [0, 0.05) is 31.7 Å². The van der Waals surface area contributed by atoms with E-state index in [9.17, 15) is 9.59 Å². The van der Waals surface area contributed by atoms with Gasteiger partial charge in [-0.1, -0.05) is 24.3 Å². The Morgan fingerprint density at radius 3 is 2.32 bits per heavy atom. The summed E-state index contributed by atoms with van der Waals surface area (Å²) in [7, 11) is 1.61. The van der Waals surface area contributed by atoms with Crippen LogP contribution in [-0.2, 0) is 11.2 Å². The predicted octanol–water partition coefficient (Wildman–Crippen LogP) is 3.10. The van der Waals surface area contributed by atoms with Crippen LogP contribution in [0.2, 0.25) is 0 Å². The molecule has 5 nitrogen and oxygen atoms in total. The molecule has 146 valence electrons. The number of carbonyl (C=O) groups excluding carboxylic acids is 2. The van der Waals surface area contributed by atoms with Crippen molar-refractivity contribution in [3.63, 3.8) is 0 Å². The Morgan fingerprint density at radius 1 is 0.929 bits per heavy atom. The molecule has 0 radical (unpaired) electrons. The number of ether oxygens (including phenoxy) is 1. The maximum Gasteiger partial charge on any atom is 0.253 e. The fraction of sp³-hybridized carbons (Fsp3) is 0.391. The van der Waals surface area contributed by atoms with Gasteiger partial charge in [-0.15, -0.1) is 0 Å². The lowest BCUT2D eigenvalue weighted by Crippen LogP contribution is -2.51. The minimum atomic E-state index is -0.0335. The molecule has 4 rings (SSSR count). The summed E-state index contributed by atoms with van der Waals surface area (Å²) in [5.41, 5.74) is 3.15. The normalized spacial score (nSPS) is 19.1. The summed E-state index contributed by atoms with van der Waals surface area (Å²) in [6.07, 6.45) is 3.04. The molecule has 0 bridgehead atoms. The van der Waals surface area contributed by atoms with E-state index < -0.39 is 0 Å². The van der Waals surface area contributed by atoms with Gasteiger partial charge >= 0.3 is 0 Å². The average Bonchev–Trinajstić information content (AvgIpc) is 2.78. The van der Waals surface area contributed by atoms with E-state index in [-0.39, 0.29) is 17.7 Å². The summed E-state index contributed by atoms with van der Waals surface area (Å²) in [4.78, 5) is 29.6. The van der Waals surface area contributed by atoms with E-state index >= 15 is 0 Å². The van der Waals surface area contributed by atoms with Gasteiger partial charge in [-0.25, -0.2) is 0 Å². The largest absolute Gasteiger partial charge is 0.497 e. The highest BCUT2D eigenvalue weighted by Gasteiger charge is 2.32. The first-order valence-corrected chi connectivity index (χ1v) is 9.97. The third-order valence-corrected chi connectivity index (χ3v) is 5.88. The van der Waals surface area contributed by atoms with E-state index in [1.54, 1.807) is 31.4 Å². The van der Waals surface area contributed by atoms with Crippen molar-refractivity contribution >= 4 is 11.8 Å². The van der Waals surface area contributed by atoms with Gasteiger partial charge < -0.3 is 14.5 Å². The summed E-state index contributed by atoms with van der Waals surface area (Å²) >= 11 is 0. The van der Waals surface area contributed by atoms with E-state index in [1.807, 2.05) is 15.9 Å². The van der Waals surface area contributed by atoms with Crippen LogP contribution in [0.4, 0.5) is 0 Å². The van der Waals surface area contributed by atoms with Crippen LogP contribution in [0.1, 0.15) is 40.2 Å². The van der Waals surface area contributed by atoms with Crippen molar-refractivity contribution in [3.8, 4) is 5.75 Å². The first-order chi connectivity index (χ1) is 13.7. The molecule has 5 heteroatoms. The highest BCUT2D eigenvalue weighted by molar-refractivity contribution is 5.94. The van der Waals surface area contributed by atoms with Gasteiger partial charge in [0.25, 0.3) is 5.91 Å². The van der Waals surface area contributed by atoms with Crippen LogP contribution in [0.5, 0.6) is 5.75 Å². The summed E-state index contributed by atoms with van der Waals surface area (Å²) in [6, 6.07) is 15.5. The fourth-order valence-corrected chi connectivity index (χ4v) is 4.28. The maximum absolute atomic E-state index is 13.1. The molecule has 1 atom stereocenters. The molecule has 0 saturated carbocycles. The zero-order chi connectivity index (χ0) is 19.5. The van der Waals surface area contributed by atoms with Crippen molar-refractivity contribution in [1.82, 2.24) is 9.80 Å². The Bertz CT molecular complexity index is 854. The number of piperazine rings is 1. The molecule has 0 spiro atoms. The van der Waals surface area contributed by atoms with E-state index in [0.717, 1.165) is 25.0 Å². The van der Waals surface area contributed by atoms with E-state index in [1.165, 1.54) is 11.1 Å².